The average Bonchev–Trinajstić information content (AvgIpc) is 2.76. The van der Waals surface area contributed by atoms with E-state index in [0.29, 0.717) is 5.69 Å². The number of aromatic carboxylic acids is 1. The maximum absolute atomic E-state index is 12.2. The van der Waals surface area contributed by atoms with E-state index in [1.54, 1.807) is 7.05 Å². The minimum absolute atomic E-state index is 0.0948. The Morgan fingerprint density at radius 1 is 1.25 bits per heavy atom. The van der Waals surface area contributed by atoms with Gasteiger partial charge >= 0.3 is 5.97 Å². The van der Waals surface area contributed by atoms with Gasteiger partial charge in [0.05, 0.1) is 0 Å². The maximum atomic E-state index is 12.2. The zero-order chi connectivity index (χ0) is 14.9. The van der Waals surface area contributed by atoms with E-state index in [1.807, 2.05) is 32.0 Å². The summed E-state index contributed by atoms with van der Waals surface area (Å²) in [6.45, 7) is 3.75. The number of anilines is 1. The van der Waals surface area contributed by atoms with Crippen LogP contribution < -0.4 is 5.32 Å². The number of nitrogens with zero attached hydrogens (tertiary/aromatic N) is 2. The van der Waals surface area contributed by atoms with Crippen molar-refractivity contribution in [3.63, 3.8) is 0 Å². The lowest BCUT2D eigenvalue weighted by molar-refractivity contribution is 0.0692. The molecular formula is C14H15N3O3. The second-order valence-corrected chi connectivity index (χ2v) is 4.59. The summed E-state index contributed by atoms with van der Waals surface area (Å²) in [7, 11) is 1.57. The molecule has 1 amide bonds. The minimum atomic E-state index is -1.18. The predicted octanol–water partition coefficient (Wildman–Crippen LogP) is 1.99. The third kappa shape index (κ3) is 2.54. The van der Waals surface area contributed by atoms with Crippen LogP contribution in [0.25, 0.3) is 0 Å². The molecule has 2 N–H and O–H groups in total. The first kappa shape index (κ1) is 13.8. The SMILES string of the molecule is Cc1cccc(C)c1NC(=O)c1nn(C)cc1C(=O)O. The van der Waals surface area contributed by atoms with E-state index in [1.165, 1.54) is 10.9 Å². The van der Waals surface area contributed by atoms with Crippen LogP contribution in [0.15, 0.2) is 24.4 Å². The number of rotatable bonds is 3. The van der Waals surface area contributed by atoms with Crippen LogP contribution in [0.2, 0.25) is 0 Å². The van der Waals surface area contributed by atoms with Gasteiger partial charge in [0, 0.05) is 18.9 Å². The molecule has 20 heavy (non-hydrogen) atoms. The molecule has 0 aliphatic rings. The van der Waals surface area contributed by atoms with Crippen molar-refractivity contribution in [3.05, 3.63) is 46.8 Å². The Morgan fingerprint density at radius 2 is 1.85 bits per heavy atom. The minimum Gasteiger partial charge on any atom is -0.478 e. The first-order chi connectivity index (χ1) is 9.40. The van der Waals surface area contributed by atoms with Crippen LogP contribution in [-0.4, -0.2) is 26.8 Å². The van der Waals surface area contributed by atoms with Crippen LogP contribution in [0.4, 0.5) is 5.69 Å². The number of carboxylic acids is 1. The quantitative estimate of drug-likeness (QED) is 0.895. The molecule has 0 fully saturated rings. The fourth-order valence-electron chi connectivity index (χ4n) is 2.00. The molecule has 0 unspecified atom stereocenters. The van der Waals surface area contributed by atoms with Crippen LogP contribution in [0.1, 0.15) is 32.0 Å². The van der Waals surface area contributed by atoms with E-state index in [0.717, 1.165) is 11.1 Å². The van der Waals surface area contributed by atoms with Crippen LogP contribution in [0.3, 0.4) is 0 Å². The van der Waals surface area contributed by atoms with E-state index in [-0.39, 0.29) is 11.3 Å². The number of hydrogen-bond donors (Lipinski definition) is 2. The summed E-state index contributed by atoms with van der Waals surface area (Å²) in [4.78, 5) is 23.3. The highest BCUT2D eigenvalue weighted by atomic mass is 16.4. The highest BCUT2D eigenvalue weighted by Crippen LogP contribution is 2.20. The standard InChI is InChI=1S/C14H15N3O3/c1-8-5-4-6-9(2)11(8)15-13(18)12-10(14(19)20)7-17(3)16-12/h4-7H,1-3H3,(H,15,18)(H,19,20). The smallest absolute Gasteiger partial charge is 0.339 e. The van der Waals surface area contributed by atoms with Gasteiger partial charge in [0.2, 0.25) is 0 Å². The molecule has 0 bridgehead atoms. The molecule has 6 nitrogen and oxygen atoms in total. The normalized spacial score (nSPS) is 10.3. The average molecular weight is 273 g/mol. The number of aryl methyl sites for hydroxylation is 3. The Labute approximate surface area is 116 Å². The first-order valence-electron chi connectivity index (χ1n) is 6.04. The van der Waals surface area contributed by atoms with Crippen molar-refractivity contribution >= 4 is 17.6 Å². The highest BCUT2D eigenvalue weighted by Gasteiger charge is 2.21. The molecule has 1 aromatic carbocycles. The van der Waals surface area contributed by atoms with Gasteiger partial charge in [-0.3, -0.25) is 9.48 Å². The number of carbonyl (C=O) groups is 2. The predicted molar refractivity (Wildman–Crippen MR) is 74.0 cm³/mol. The van der Waals surface area contributed by atoms with Gasteiger partial charge in [-0.2, -0.15) is 5.10 Å². The number of para-hydroxylation sites is 1. The van der Waals surface area contributed by atoms with Gasteiger partial charge in [0.25, 0.3) is 5.91 Å². The molecule has 0 saturated carbocycles. The van der Waals surface area contributed by atoms with Crippen LogP contribution in [-0.2, 0) is 7.05 Å². The Hall–Kier alpha value is -2.63. The van der Waals surface area contributed by atoms with Gasteiger partial charge in [0.1, 0.15) is 5.56 Å². The number of benzene rings is 1. The van der Waals surface area contributed by atoms with Crippen molar-refractivity contribution in [2.24, 2.45) is 7.05 Å². The lowest BCUT2D eigenvalue weighted by atomic mass is 10.1. The van der Waals surface area contributed by atoms with Crippen molar-refractivity contribution in [1.29, 1.82) is 0 Å². The zero-order valence-corrected chi connectivity index (χ0v) is 11.5. The van der Waals surface area contributed by atoms with E-state index >= 15 is 0 Å². The largest absolute Gasteiger partial charge is 0.478 e. The van der Waals surface area contributed by atoms with Crippen LogP contribution in [0, 0.1) is 13.8 Å². The molecule has 0 saturated heterocycles. The van der Waals surface area contributed by atoms with Crippen molar-refractivity contribution in [2.45, 2.75) is 13.8 Å². The molecule has 6 heteroatoms. The number of hydrogen-bond acceptors (Lipinski definition) is 3. The third-order valence-electron chi connectivity index (χ3n) is 2.99. The number of aromatic nitrogens is 2. The Kier molecular flexibility index (Phi) is 3.56. The molecule has 0 radical (unpaired) electrons. The van der Waals surface area contributed by atoms with Gasteiger partial charge in [-0.05, 0) is 25.0 Å². The second kappa shape index (κ2) is 5.16. The summed E-state index contributed by atoms with van der Waals surface area (Å²) in [5.41, 5.74) is 2.29. The van der Waals surface area contributed by atoms with Crippen molar-refractivity contribution < 1.29 is 14.7 Å². The summed E-state index contributed by atoms with van der Waals surface area (Å²) in [6.07, 6.45) is 1.31. The number of carbonyl (C=O) groups excluding carboxylic acids is 1. The molecule has 2 aromatic rings. The Balaban J connectivity index is 2.36. The highest BCUT2D eigenvalue weighted by molar-refractivity contribution is 6.09. The lowest BCUT2D eigenvalue weighted by Crippen LogP contribution is -2.17. The molecule has 104 valence electrons. The van der Waals surface area contributed by atoms with Gasteiger partial charge in [-0.1, -0.05) is 18.2 Å². The third-order valence-corrected chi connectivity index (χ3v) is 2.99. The number of amides is 1. The molecule has 0 aliphatic heterocycles. The maximum Gasteiger partial charge on any atom is 0.339 e. The summed E-state index contributed by atoms with van der Waals surface area (Å²) in [5.74, 6) is -1.70. The fourth-order valence-corrected chi connectivity index (χ4v) is 2.00. The molecule has 2 rings (SSSR count). The van der Waals surface area contributed by atoms with Gasteiger partial charge in [0.15, 0.2) is 5.69 Å². The van der Waals surface area contributed by atoms with E-state index in [4.69, 9.17) is 5.11 Å². The summed E-state index contributed by atoms with van der Waals surface area (Å²) >= 11 is 0. The lowest BCUT2D eigenvalue weighted by Gasteiger charge is -2.10. The van der Waals surface area contributed by atoms with Crippen LogP contribution >= 0.6 is 0 Å². The zero-order valence-electron chi connectivity index (χ0n) is 11.5. The number of carboxylic acid groups (broad SMARTS) is 1. The molecule has 0 atom stereocenters. The summed E-state index contributed by atoms with van der Waals surface area (Å²) in [5, 5.41) is 15.7. The fraction of sp³-hybridized carbons (Fsp3) is 0.214. The van der Waals surface area contributed by atoms with Crippen molar-refractivity contribution in [3.8, 4) is 0 Å². The Morgan fingerprint density at radius 3 is 2.40 bits per heavy atom. The van der Waals surface area contributed by atoms with E-state index < -0.39 is 11.9 Å². The van der Waals surface area contributed by atoms with Crippen molar-refractivity contribution in [1.82, 2.24) is 9.78 Å². The molecule has 0 spiro atoms. The topological polar surface area (TPSA) is 84.2 Å². The van der Waals surface area contributed by atoms with Gasteiger partial charge < -0.3 is 10.4 Å². The number of nitrogens with one attached hydrogen (secondary N) is 1. The van der Waals surface area contributed by atoms with Gasteiger partial charge in [-0.15, -0.1) is 0 Å². The second-order valence-electron chi connectivity index (χ2n) is 4.59. The Bertz CT molecular complexity index is 669. The summed E-state index contributed by atoms with van der Waals surface area (Å²) < 4.78 is 1.31. The van der Waals surface area contributed by atoms with Gasteiger partial charge in [-0.25, -0.2) is 4.79 Å². The first-order valence-corrected chi connectivity index (χ1v) is 6.04. The summed E-state index contributed by atoms with van der Waals surface area (Å²) in [6, 6.07) is 5.64. The van der Waals surface area contributed by atoms with E-state index in [2.05, 4.69) is 10.4 Å². The molecular weight excluding hydrogens is 258 g/mol. The van der Waals surface area contributed by atoms with Crippen molar-refractivity contribution in [2.75, 3.05) is 5.32 Å². The monoisotopic (exact) mass is 273 g/mol. The van der Waals surface area contributed by atoms with Crippen LogP contribution in [0.5, 0.6) is 0 Å². The van der Waals surface area contributed by atoms with E-state index in [9.17, 15) is 9.59 Å². The molecule has 1 heterocycles. The molecule has 1 aromatic heterocycles. The molecule has 0 aliphatic carbocycles.